The van der Waals surface area contributed by atoms with Gasteiger partial charge in [-0.3, -0.25) is 4.98 Å². The molecule has 0 aliphatic rings. The molecule has 0 unspecified atom stereocenters. The standard InChI is InChI=1S/C17H17N3O/c18-15-10-19-16-4-2-1-3-14(16)17(15)20-9-12-5-7-13(11-21)8-6-12/h1-8,10,21H,9,11,18H2,(H,19,20). The molecule has 1 heterocycles. The molecule has 0 fully saturated rings. The van der Waals surface area contributed by atoms with Crippen LogP contribution in [0.15, 0.2) is 54.7 Å². The van der Waals surface area contributed by atoms with Crippen LogP contribution >= 0.6 is 0 Å². The molecule has 4 nitrogen and oxygen atoms in total. The Morgan fingerprint density at radius 1 is 1.00 bits per heavy atom. The Kier molecular flexibility index (Phi) is 3.71. The Bertz CT molecular complexity index is 754. The van der Waals surface area contributed by atoms with Crippen molar-refractivity contribution in [3.05, 3.63) is 65.9 Å². The quantitative estimate of drug-likeness (QED) is 0.686. The van der Waals surface area contributed by atoms with E-state index in [-0.39, 0.29) is 6.61 Å². The van der Waals surface area contributed by atoms with Crippen molar-refractivity contribution in [1.82, 2.24) is 4.98 Å². The van der Waals surface area contributed by atoms with Gasteiger partial charge in [-0.2, -0.15) is 0 Å². The number of para-hydroxylation sites is 1. The average Bonchev–Trinajstić information content (AvgIpc) is 2.54. The number of aliphatic hydroxyl groups is 1. The summed E-state index contributed by atoms with van der Waals surface area (Å²) in [6.07, 6.45) is 1.68. The molecule has 3 aromatic rings. The minimum absolute atomic E-state index is 0.0651. The van der Waals surface area contributed by atoms with Gasteiger partial charge in [-0.05, 0) is 17.2 Å². The molecule has 0 aliphatic heterocycles. The predicted molar refractivity (Wildman–Crippen MR) is 85.8 cm³/mol. The molecule has 3 rings (SSSR count). The Morgan fingerprint density at radius 3 is 2.48 bits per heavy atom. The minimum Gasteiger partial charge on any atom is -0.396 e. The first-order valence-electron chi connectivity index (χ1n) is 6.83. The van der Waals surface area contributed by atoms with Crippen molar-refractivity contribution in [1.29, 1.82) is 0 Å². The van der Waals surface area contributed by atoms with Crippen LogP contribution in [0.2, 0.25) is 0 Å². The Labute approximate surface area is 123 Å². The van der Waals surface area contributed by atoms with Crippen LogP contribution in [-0.4, -0.2) is 10.1 Å². The first-order chi connectivity index (χ1) is 10.3. The second-order valence-electron chi connectivity index (χ2n) is 4.93. The summed E-state index contributed by atoms with van der Waals surface area (Å²) in [4.78, 5) is 4.33. The number of nitrogens with two attached hydrogens (primary N) is 1. The maximum Gasteiger partial charge on any atom is 0.0743 e. The number of fused-ring (bicyclic) bond motifs is 1. The molecule has 1 aromatic heterocycles. The van der Waals surface area contributed by atoms with Crippen LogP contribution in [0, 0.1) is 0 Å². The number of hydrogen-bond donors (Lipinski definition) is 3. The van der Waals surface area contributed by atoms with Crippen molar-refractivity contribution < 1.29 is 5.11 Å². The maximum atomic E-state index is 9.05. The number of aromatic nitrogens is 1. The molecule has 21 heavy (non-hydrogen) atoms. The molecule has 0 saturated heterocycles. The molecule has 4 N–H and O–H groups in total. The molecule has 0 saturated carbocycles. The van der Waals surface area contributed by atoms with E-state index in [0.29, 0.717) is 12.2 Å². The smallest absolute Gasteiger partial charge is 0.0743 e. The molecule has 0 aliphatic carbocycles. The summed E-state index contributed by atoms with van der Waals surface area (Å²) in [5.74, 6) is 0. The second-order valence-corrected chi connectivity index (χ2v) is 4.93. The molecule has 2 aromatic carbocycles. The van der Waals surface area contributed by atoms with Gasteiger partial charge in [-0.1, -0.05) is 42.5 Å². The second kappa shape index (κ2) is 5.81. The highest BCUT2D eigenvalue weighted by Crippen LogP contribution is 2.27. The lowest BCUT2D eigenvalue weighted by Gasteiger charge is -2.12. The lowest BCUT2D eigenvalue weighted by molar-refractivity contribution is 0.282. The van der Waals surface area contributed by atoms with E-state index in [1.807, 2.05) is 48.5 Å². The molecule has 106 valence electrons. The van der Waals surface area contributed by atoms with Gasteiger partial charge in [-0.25, -0.2) is 0 Å². The number of hydrogen-bond acceptors (Lipinski definition) is 4. The monoisotopic (exact) mass is 279 g/mol. The van der Waals surface area contributed by atoms with Gasteiger partial charge < -0.3 is 16.2 Å². The summed E-state index contributed by atoms with van der Waals surface area (Å²) >= 11 is 0. The predicted octanol–water partition coefficient (Wildman–Crippen LogP) is 2.92. The van der Waals surface area contributed by atoms with E-state index in [0.717, 1.165) is 27.7 Å². The highest BCUT2D eigenvalue weighted by Gasteiger charge is 2.05. The summed E-state index contributed by atoms with van der Waals surface area (Å²) in [6.45, 7) is 0.736. The van der Waals surface area contributed by atoms with Gasteiger partial charge in [0.25, 0.3) is 0 Å². The largest absolute Gasteiger partial charge is 0.396 e. The number of benzene rings is 2. The van der Waals surface area contributed by atoms with Crippen LogP contribution in [0.25, 0.3) is 10.9 Å². The third-order valence-corrected chi connectivity index (χ3v) is 3.48. The van der Waals surface area contributed by atoms with Crippen molar-refractivity contribution in [2.24, 2.45) is 0 Å². The first kappa shape index (κ1) is 13.4. The normalized spacial score (nSPS) is 10.7. The van der Waals surface area contributed by atoms with Crippen LogP contribution in [0.5, 0.6) is 0 Å². The fourth-order valence-electron chi connectivity index (χ4n) is 2.31. The Morgan fingerprint density at radius 2 is 1.71 bits per heavy atom. The zero-order valence-corrected chi connectivity index (χ0v) is 11.6. The van der Waals surface area contributed by atoms with E-state index < -0.39 is 0 Å². The van der Waals surface area contributed by atoms with Crippen molar-refractivity contribution in [2.75, 3.05) is 11.1 Å². The zero-order valence-electron chi connectivity index (χ0n) is 11.6. The highest BCUT2D eigenvalue weighted by atomic mass is 16.3. The number of nitrogens with one attached hydrogen (secondary N) is 1. The summed E-state index contributed by atoms with van der Waals surface area (Å²) in [5.41, 5.74) is 10.5. The van der Waals surface area contributed by atoms with E-state index in [4.69, 9.17) is 10.8 Å². The first-order valence-corrected chi connectivity index (χ1v) is 6.83. The van der Waals surface area contributed by atoms with Gasteiger partial charge in [0, 0.05) is 11.9 Å². The number of aliphatic hydroxyl groups excluding tert-OH is 1. The lowest BCUT2D eigenvalue weighted by atomic mass is 10.1. The highest BCUT2D eigenvalue weighted by molar-refractivity contribution is 5.96. The zero-order chi connectivity index (χ0) is 14.7. The third kappa shape index (κ3) is 2.80. The average molecular weight is 279 g/mol. The fraction of sp³-hybridized carbons (Fsp3) is 0.118. The molecular weight excluding hydrogens is 262 g/mol. The molecule has 0 radical (unpaired) electrons. The number of rotatable bonds is 4. The summed E-state index contributed by atoms with van der Waals surface area (Å²) < 4.78 is 0. The summed E-state index contributed by atoms with van der Waals surface area (Å²) in [5, 5.41) is 13.5. The van der Waals surface area contributed by atoms with E-state index >= 15 is 0 Å². The maximum absolute atomic E-state index is 9.05. The topological polar surface area (TPSA) is 71.2 Å². The summed E-state index contributed by atoms with van der Waals surface area (Å²) in [6, 6.07) is 15.8. The molecule has 0 bridgehead atoms. The van der Waals surface area contributed by atoms with Gasteiger partial charge >= 0.3 is 0 Å². The lowest BCUT2D eigenvalue weighted by Crippen LogP contribution is -2.04. The van der Waals surface area contributed by atoms with Crippen LogP contribution in [0.3, 0.4) is 0 Å². The van der Waals surface area contributed by atoms with E-state index in [2.05, 4.69) is 10.3 Å². The SMILES string of the molecule is Nc1cnc2ccccc2c1NCc1ccc(CO)cc1. The van der Waals surface area contributed by atoms with Gasteiger partial charge in [0.05, 0.1) is 29.7 Å². The number of anilines is 2. The Balaban J connectivity index is 1.85. The van der Waals surface area contributed by atoms with Crippen molar-refractivity contribution >= 4 is 22.3 Å². The van der Waals surface area contributed by atoms with Crippen LogP contribution in [-0.2, 0) is 13.2 Å². The minimum atomic E-state index is 0.0651. The molecule has 0 spiro atoms. The Hall–Kier alpha value is -2.59. The van der Waals surface area contributed by atoms with Crippen molar-refractivity contribution in [3.8, 4) is 0 Å². The van der Waals surface area contributed by atoms with Crippen molar-refractivity contribution in [2.45, 2.75) is 13.2 Å². The number of nitrogens with zero attached hydrogens (tertiary/aromatic N) is 1. The van der Waals surface area contributed by atoms with Gasteiger partial charge in [-0.15, -0.1) is 0 Å². The van der Waals surface area contributed by atoms with Gasteiger partial charge in [0.15, 0.2) is 0 Å². The third-order valence-electron chi connectivity index (χ3n) is 3.48. The van der Waals surface area contributed by atoms with Gasteiger partial charge in [0.1, 0.15) is 0 Å². The molecule has 0 atom stereocenters. The molecule has 4 heteroatoms. The summed E-state index contributed by atoms with van der Waals surface area (Å²) in [7, 11) is 0. The number of nitrogen functional groups attached to an aromatic ring is 1. The molecular formula is C17H17N3O. The van der Waals surface area contributed by atoms with E-state index in [1.54, 1.807) is 6.20 Å². The number of pyridine rings is 1. The van der Waals surface area contributed by atoms with Crippen molar-refractivity contribution in [3.63, 3.8) is 0 Å². The van der Waals surface area contributed by atoms with E-state index in [1.165, 1.54) is 0 Å². The fourth-order valence-corrected chi connectivity index (χ4v) is 2.31. The van der Waals surface area contributed by atoms with Gasteiger partial charge in [0.2, 0.25) is 0 Å². The van der Waals surface area contributed by atoms with Crippen LogP contribution in [0.1, 0.15) is 11.1 Å². The van der Waals surface area contributed by atoms with E-state index in [9.17, 15) is 0 Å². The van der Waals surface area contributed by atoms with Crippen LogP contribution in [0.4, 0.5) is 11.4 Å². The molecule has 0 amide bonds. The van der Waals surface area contributed by atoms with Crippen LogP contribution < -0.4 is 11.1 Å².